The topological polar surface area (TPSA) is 29.5 Å². The van der Waals surface area contributed by atoms with Gasteiger partial charge in [-0.15, -0.1) is 0 Å². The Bertz CT molecular complexity index is 407. The molecule has 1 aromatic carbocycles. The Morgan fingerprint density at radius 2 is 2.00 bits per heavy atom. The largest absolute Gasteiger partial charge is 0.468 e. The summed E-state index contributed by atoms with van der Waals surface area (Å²) in [6.07, 6.45) is 0. The van der Waals surface area contributed by atoms with Gasteiger partial charge in [0.05, 0.1) is 7.11 Å². The Balaban J connectivity index is 2.82. The van der Waals surface area contributed by atoms with Gasteiger partial charge in [0.1, 0.15) is 6.04 Å². The lowest BCUT2D eigenvalue weighted by Crippen LogP contribution is -2.42. The van der Waals surface area contributed by atoms with E-state index in [1.54, 1.807) is 0 Å². The summed E-state index contributed by atoms with van der Waals surface area (Å²) in [7, 11) is 3.38. The summed E-state index contributed by atoms with van der Waals surface area (Å²) < 4.78 is 5.93. The van der Waals surface area contributed by atoms with Crippen molar-refractivity contribution in [2.45, 2.75) is 26.4 Å². The van der Waals surface area contributed by atoms with Gasteiger partial charge in [-0.05, 0) is 24.6 Å². The van der Waals surface area contributed by atoms with Gasteiger partial charge in [0.2, 0.25) is 0 Å². The highest BCUT2D eigenvalue weighted by molar-refractivity contribution is 9.10. The zero-order valence-electron chi connectivity index (χ0n) is 11.3. The normalized spacial score (nSPS) is 12.8. The van der Waals surface area contributed by atoms with Gasteiger partial charge in [-0.2, -0.15) is 0 Å². The van der Waals surface area contributed by atoms with Crippen molar-refractivity contribution in [2.75, 3.05) is 14.2 Å². The number of halogens is 1. The summed E-state index contributed by atoms with van der Waals surface area (Å²) in [5, 5.41) is 0. The van der Waals surface area contributed by atoms with Crippen LogP contribution in [0.4, 0.5) is 0 Å². The molecule has 3 nitrogen and oxygen atoms in total. The molecule has 0 heterocycles. The molecule has 0 aliphatic heterocycles. The molecule has 0 N–H and O–H groups in total. The van der Waals surface area contributed by atoms with E-state index in [2.05, 4.69) is 22.0 Å². The minimum atomic E-state index is -0.220. The number of ether oxygens (including phenoxy) is 1. The van der Waals surface area contributed by atoms with E-state index < -0.39 is 0 Å². The maximum atomic E-state index is 11.8. The zero-order chi connectivity index (χ0) is 13.7. The van der Waals surface area contributed by atoms with Crippen LogP contribution in [-0.4, -0.2) is 31.1 Å². The fraction of sp³-hybridized carbons (Fsp3) is 0.500. The number of hydrogen-bond donors (Lipinski definition) is 0. The Morgan fingerprint density at radius 3 is 2.50 bits per heavy atom. The van der Waals surface area contributed by atoms with E-state index >= 15 is 0 Å². The van der Waals surface area contributed by atoms with Gasteiger partial charge in [0.25, 0.3) is 0 Å². The second-order valence-corrected chi connectivity index (χ2v) is 5.57. The first-order valence-corrected chi connectivity index (χ1v) is 6.78. The van der Waals surface area contributed by atoms with Crippen molar-refractivity contribution in [3.8, 4) is 0 Å². The third-order valence-corrected chi connectivity index (χ3v) is 3.70. The van der Waals surface area contributed by atoms with Crippen molar-refractivity contribution in [2.24, 2.45) is 5.92 Å². The van der Waals surface area contributed by atoms with Crippen molar-refractivity contribution in [3.63, 3.8) is 0 Å². The molecule has 0 bridgehead atoms. The summed E-state index contributed by atoms with van der Waals surface area (Å²) in [5.41, 5.74) is 1.16. The molecule has 0 spiro atoms. The summed E-state index contributed by atoms with van der Waals surface area (Å²) >= 11 is 3.52. The molecular weight excluding hydrogens is 294 g/mol. The number of nitrogens with zero attached hydrogens (tertiary/aromatic N) is 1. The van der Waals surface area contributed by atoms with Crippen molar-refractivity contribution < 1.29 is 9.53 Å². The molecule has 0 saturated carbocycles. The van der Waals surface area contributed by atoms with E-state index in [4.69, 9.17) is 4.74 Å². The van der Waals surface area contributed by atoms with E-state index in [1.165, 1.54) is 7.11 Å². The van der Waals surface area contributed by atoms with E-state index in [1.807, 2.05) is 44.0 Å². The van der Waals surface area contributed by atoms with Crippen molar-refractivity contribution in [1.82, 2.24) is 4.90 Å². The zero-order valence-corrected chi connectivity index (χ0v) is 12.9. The highest BCUT2D eigenvalue weighted by Gasteiger charge is 2.27. The molecule has 100 valence electrons. The first-order chi connectivity index (χ1) is 8.47. The average Bonchev–Trinajstić information content (AvgIpc) is 2.31. The Labute approximate surface area is 117 Å². The molecule has 0 unspecified atom stereocenters. The molecular formula is C14H20BrNO2. The van der Waals surface area contributed by atoms with E-state index in [-0.39, 0.29) is 17.9 Å². The van der Waals surface area contributed by atoms with Gasteiger partial charge in [-0.3, -0.25) is 9.69 Å². The summed E-state index contributed by atoms with van der Waals surface area (Å²) in [6.45, 7) is 4.76. The predicted molar refractivity (Wildman–Crippen MR) is 76.3 cm³/mol. The quantitative estimate of drug-likeness (QED) is 0.782. The number of benzene rings is 1. The second-order valence-electron chi connectivity index (χ2n) is 4.72. The lowest BCUT2D eigenvalue weighted by molar-refractivity contribution is -0.148. The van der Waals surface area contributed by atoms with E-state index in [9.17, 15) is 4.79 Å². The molecule has 0 saturated heterocycles. The fourth-order valence-corrected chi connectivity index (χ4v) is 2.49. The molecule has 0 aliphatic rings. The van der Waals surface area contributed by atoms with Crippen LogP contribution in [0.1, 0.15) is 19.4 Å². The molecule has 1 atom stereocenters. The number of rotatable bonds is 5. The number of carbonyl (C=O) groups is 1. The standard InChI is InChI=1S/C14H20BrNO2/c1-10(2)13(14(17)18-4)16(3)9-11-7-5-6-8-12(11)15/h5-8,10,13H,9H2,1-4H3/t13-/m0/s1. The third kappa shape index (κ3) is 3.82. The minimum Gasteiger partial charge on any atom is -0.468 e. The highest BCUT2D eigenvalue weighted by atomic mass is 79.9. The predicted octanol–water partition coefficient (Wildman–Crippen LogP) is 3.08. The van der Waals surface area contributed by atoms with Crippen LogP contribution >= 0.6 is 15.9 Å². The van der Waals surface area contributed by atoms with Crippen LogP contribution in [0.5, 0.6) is 0 Å². The van der Waals surface area contributed by atoms with Crippen molar-refractivity contribution in [1.29, 1.82) is 0 Å². The van der Waals surface area contributed by atoms with E-state index in [0.717, 1.165) is 10.0 Å². The highest BCUT2D eigenvalue weighted by Crippen LogP contribution is 2.20. The van der Waals surface area contributed by atoms with Gasteiger partial charge in [0.15, 0.2) is 0 Å². The van der Waals surface area contributed by atoms with Gasteiger partial charge in [0, 0.05) is 11.0 Å². The van der Waals surface area contributed by atoms with Crippen LogP contribution in [0.15, 0.2) is 28.7 Å². The number of esters is 1. The van der Waals surface area contributed by atoms with Crippen LogP contribution in [0.3, 0.4) is 0 Å². The number of likely N-dealkylation sites (N-methyl/N-ethyl adjacent to an activating group) is 1. The number of hydrogen-bond acceptors (Lipinski definition) is 3. The smallest absolute Gasteiger partial charge is 0.323 e. The molecule has 1 rings (SSSR count). The monoisotopic (exact) mass is 313 g/mol. The van der Waals surface area contributed by atoms with Crippen LogP contribution < -0.4 is 0 Å². The summed E-state index contributed by atoms with van der Waals surface area (Å²) in [5.74, 6) is 0.0319. The average molecular weight is 314 g/mol. The molecule has 0 amide bonds. The van der Waals surface area contributed by atoms with Gasteiger partial charge in [-0.25, -0.2) is 0 Å². The SMILES string of the molecule is COC(=O)[C@H](C(C)C)N(C)Cc1ccccc1Br. The maximum absolute atomic E-state index is 11.8. The maximum Gasteiger partial charge on any atom is 0.323 e. The minimum absolute atomic E-state index is 0.181. The molecule has 0 aromatic heterocycles. The van der Waals surface area contributed by atoms with Gasteiger partial charge < -0.3 is 4.74 Å². The third-order valence-electron chi connectivity index (χ3n) is 2.93. The van der Waals surface area contributed by atoms with Crippen molar-refractivity contribution >= 4 is 21.9 Å². The Morgan fingerprint density at radius 1 is 1.39 bits per heavy atom. The summed E-state index contributed by atoms with van der Waals surface area (Å²) in [6, 6.07) is 7.81. The lowest BCUT2D eigenvalue weighted by Gasteiger charge is -2.29. The number of carbonyl (C=O) groups excluding carboxylic acids is 1. The van der Waals surface area contributed by atoms with Gasteiger partial charge in [-0.1, -0.05) is 48.0 Å². The first kappa shape index (κ1) is 15.2. The fourth-order valence-electron chi connectivity index (χ4n) is 2.08. The molecule has 18 heavy (non-hydrogen) atoms. The van der Waals surface area contributed by atoms with Crippen molar-refractivity contribution in [3.05, 3.63) is 34.3 Å². The van der Waals surface area contributed by atoms with Crippen LogP contribution in [-0.2, 0) is 16.1 Å². The van der Waals surface area contributed by atoms with Crippen LogP contribution in [0.2, 0.25) is 0 Å². The van der Waals surface area contributed by atoms with Crippen LogP contribution in [0.25, 0.3) is 0 Å². The molecule has 0 fully saturated rings. The lowest BCUT2D eigenvalue weighted by atomic mass is 10.0. The van der Waals surface area contributed by atoms with E-state index in [0.29, 0.717) is 6.54 Å². The first-order valence-electron chi connectivity index (χ1n) is 5.98. The van der Waals surface area contributed by atoms with Gasteiger partial charge >= 0.3 is 5.97 Å². The molecule has 1 aromatic rings. The summed E-state index contributed by atoms with van der Waals surface area (Å²) in [4.78, 5) is 13.8. The Hall–Kier alpha value is -0.870. The Kier molecular flexibility index (Phi) is 5.82. The van der Waals surface area contributed by atoms with Crippen LogP contribution in [0, 0.1) is 5.92 Å². The molecule has 4 heteroatoms. The number of methoxy groups -OCH3 is 1. The molecule has 0 radical (unpaired) electrons. The molecule has 0 aliphatic carbocycles. The second kappa shape index (κ2) is 6.90.